The Balaban J connectivity index is 1.01. The van der Waals surface area contributed by atoms with Crippen molar-refractivity contribution in [2.24, 2.45) is 0 Å². The van der Waals surface area contributed by atoms with Crippen LogP contribution in [-0.2, 0) is 25.5 Å². The maximum absolute atomic E-state index is 13.7. The molecule has 6 aromatic rings. The first-order valence-electron chi connectivity index (χ1n) is 19.7. The molecular weight excluding hydrogens is 731 g/mol. The number of nitrogens with zero attached hydrogens (tertiary/aromatic N) is 4. The Bertz CT molecular complexity index is 2460. The Morgan fingerprint density at radius 2 is 1.55 bits per heavy atom. The monoisotopic (exact) mass is 779 g/mol. The van der Waals surface area contributed by atoms with Crippen LogP contribution in [0.25, 0.3) is 33.2 Å². The van der Waals surface area contributed by atoms with Gasteiger partial charge in [-0.1, -0.05) is 78.4 Å². The molecule has 0 saturated heterocycles. The minimum atomic E-state index is -0.992. The quantitative estimate of drug-likeness (QED) is 0.102. The highest BCUT2D eigenvalue weighted by atomic mass is 16.6. The molecular formula is C47H49N5O6. The Morgan fingerprint density at radius 1 is 0.897 bits per heavy atom. The third kappa shape index (κ3) is 7.26. The van der Waals surface area contributed by atoms with Crippen molar-refractivity contribution >= 4 is 34.6 Å². The highest BCUT2D eigenvalue weighted by molar-refractivity contribution is 6.08. The van der Waals surface area contributed by atoms with E-state index in [1.807, 2.05) is 52.0 Å². The van der Waals surface area contributed by atoms with E-state index in [0.717, 1.165) is 67.8 Å². The van der Waals surface area contributed by atoms with Gasteiger partial charge in [0.15, 0.2) is 11.9 Å². The second-order valence-electron chi connectivity index (χ2n) is 15.9. The average molecular weight is 780 g/mol. The maximum atomic E-state index is 13.7. The van der Waals surface area contributed by atoms with E-state index < -0.39 is 23.8 Å². The Labute approximate surface area is 338 Å². The number of anilines is 2. The van der Waals surface area contributed by atoms with Gasteiger partial charge in [0.05, 0.1) is 42.9 Å². The minimum absolute atomic E-state index is 0.0120. The predicted octanol–water partition coefficient (Wildman–Crippen LogP) is 9.12. The van der Waals surface area contributed by atoms with Crippen molar-refractivity contribution in [2.45, 2.75) is 65.7 Å². The van der Waals surface area contributed by atoms with Crippen molar-refractivity contribution < 1.29 is 28.5 Å². The molecule has 0 fully saturated rings. The zero-order valence-corrected chi connectivity index (χ0v) is 34.1. The van der Waals surface area contributed by atoms with Crippen molar-refractivity contribution in [1.82, 2.24) is 19.9 Å². The molecule has 11 nitrogen and oxygen atoms in total. The number of alkyl carbamates (subject to hydrolysis) is 1. The summed E-state index contributed by atoms with van der Waals surface area (Å²) in [4.78, 5) is 38.0. The van der Waals surface area contributed by atoms with Crippen molar-refractivity contribution in [3.05, 3.63) is 125 Å². The lowest BCUT2D eigenvalue weighted by atomic mass is 9.87. The molecule has 0 spiro atoms. The summed E-state index contributed by atoms with van der Waals surface area (Å²) >= 11 is 0. The molecule has 2 aliphatic rings. The van der Waals surface area contributed by atoms with Crippen LogP contribution >= 0.6 is 0 Å². The van der Waals surface area contributed by atoms with E-state index in [-0.39, 0.29) is 25.7 Å². The lowest BCUT2D eigenvalue weighted by Gasteiger charge is -2.35. The summed E-state index contributed by atoms with van der Waals surface area (Å²) in [6, 6.07) is 27.1. The van der Waals surface area contributed by atoms with Gasteiger partial charge >= 0.3 is 12.1 Å². The number of hydrogen-bond donors (Lipinski definition) is 1. The van der Waals surface area contributed by atoms with Crippen LogP contribution in [0.2, 0.25) is 0 Å². The molecule has 0 unspecified atom stereocenters. The number of fused-ring (bicyclic) bond motifs is 3. The van der Waals surface area contributed by atoms with Gasteiger partial charge in [-0.3, -0.25) is 0 Å². The Hall–Kier alpha value is -6.20. The molecule has 1 aliphatic carbocycles. The van der Waals surface area contributed by atoms with Crippen molar-refractivity contribution in [3.63, 3.8) is 0 Å². The number of ether oxygens (including phenoxy) is 4. The zero-order valence-electron chi connectivity index (χ0n) is 34.1. The molecule has 3 heterocycles. The van der Waals surface area contributed by atoms with Gasteiger partial charge in [0.25, 0.3) is 0 Å². The SMILES string of the molecule is COC(=O)[C@@H](OC(C)(C)C)c1c(C)c2c3c(cc(C)n3CCN2c2ncc(OCCNC(=O)OCC3c4ccccc4-c4ccccc43)cn2)c1-c1ccc(C)cc1. The van der Waals surface area contributed by atoms with E-state index in [9.17, 15) is 9.59 Å². The molecule has 1 atom stereocenters. The van der Waals surface area contributed by atoms with Crippen LogP contribution < -0.4 is 15.0 Å². The lowest BCUT2D eigenvalue weighted by Crippen LogP contribution is -2.32. The molecule has 58 heavy (non-hydrogen) atoms. The largest absolute Gasteiger partial charge is 0.489 e. The molecule has 0 bridgehead atoms. The number of esters is 1. The van der Waals surface area contributed by atoms with Gasteiger partial charge in [-0.05, 0) is 86.6 Å². The van der Waals surface area contributed by atoms with E-state index in [2.05, 4.69) is 83.2 Å². The summed E-state index contributed by atoms with van der Waals surface area (Å²) in [5.74, 6) is 0.485. The van der Waals surface area contributed by atoms with E-state index >= 15 is 0 Å². The standard InChI is InChI=1S/C47H49N5O6/c1-28-16-18-31(19-17-28)40-37-24-29(2)51-21-22-52(41(42(37)51)30(3)39(40)43(44(53)55-7)58-47(4,5)6)45-49-25-32(26-50-45)56-23-20-48-46(54)57-27-38-35-14-10-8-12-33(35)34-13-9-11-15-36(34)38/h8-19,24-26,38,43H,20-23,27H2,1-7H3,(H,48,54)/t43-/m0/s1. The number of carbonyl (C=O) groups is 2. The first kappa shape index (κ1) is 38.7. The van der Waals surface area contributed by atoms with E-state index in [4.69, 9.17) is 28.9 Å². The number of rotatable bonds is 11. The van der Waals surface area contributed by atoms with Crippen LogP contribution in [-0.4, -0.2) is 65.6 Å². The molecule has 0 saturated carbocycles. The highest BCUT2D eigenvalue weighted by Gasteiger charge is 2.37. The summed E-state index contributed by atoms with van der Waals surface area (Å²) in [6.07, 6.45) is 1.79. The van der Waals surface area contributed by atoms with Gasteiger partial charge in [0.1, 0.15) is 13.2 Å². The summed E-state index contributed by atoms with van der Waals surface area (Å²) in [7, 11) is 1.40. The second-order valence-corrected chi connectivity index (χ2v) is 15.9. The maximum Gasteiger partial charge on any atom is 0.407 e. The summed E-state index contributed by atoms with van der Waals surface area (Å²) in [6.45, 7) is 14.0. The lowest BCUT2D eigenvalue weighted by molar-refractivity contribution is -0.164. The molecule has 11 heteroatoms. The van der Waals surface area contributed by atoms with Crippen molar-refractivity contribution in [3.8, 4) is 28.0 Å². The smallest absolute Gasteiger partial charge is 0.407 e. The van der Waals surface area contributed by atoms with Crippen LogP contribution in [0.4, 0.5) is 16.4 Å². The van der Waals surface area contributed by atoms with Crippen LogP contribution in [0, 0.1) is 20.8 Å². The van der Waals surface area contributed by atoms with E-state index in [1.54, 1.807) is 12.4 Å². The van der Waals surface area contributed by atoms with Gasteiger partial charge in [-0.25, -0.2) is 19.6 Å². The fourth-order valence-electron chi connectivity index (χ4n) is 8.43. The Kier molecular flexibility index (Phi) is 10.4. The van der Waals surface area contributed by atoms with Gasteiger partial charge in [0.2, 0.25) is 5.95 Å². The third-order valence-electron chi connectivity index (χ3n) is 11.0. The number of hydrogen-bond acceptors (Lipinski definition) is 9. The molecule has 1 N–H and O–H groups in total. The number of carbonyl (C=O) groups excluding carboxylic acids is 2. The summed E-state index contributed by atoms with van der Waals surface area (Å²) in [5, 5.41) is 3.81. The van der Waals surface area contributed by atoms with Gasteiger partial charge in [-0.15, -0.1) is 0 Å². The fraction of sp³-hybridized carbons (Fsp3) is 0.319. The Morgan fingerprint density at radius 3 is 2.19 bits per heavy atom. The van der Waals surface area contributed by atoms with Crippen molar-refractivity contribution in [2.75, 3.05) is 38.3 Å². The molecule has 8 rings (SSSR count). The normalized spacial score (nSPS) is 13.9. The second kappa shape index (κ2) is 15.6. The summed E-state index contributed by atoms with van der Waals surface area (Å²) in [5.41, 5.74) is 11.8. The molecule has 4 aromatic carbocycles. The van der Waals surface area contributed by atoms with Crippen LogP contribution in [0.5, 0.6) is 5.75 Å². The topological polar surface area (TPSA) is 117 Å². The van der Waals surface area contributed by atoms with Crippen LogP contribution in [0.15, 0.2) is 91.3 Å². The average Bonchev–Trinajstić information content (AvgIpc) is 3.73. The number of aryl methyl sites for hydroxylation is 2. The van der Waals surface area contributed by atoms with Crippen LogP contribution in [0.1, 0.15) is 66.3 Å². The van der Waals surface area contributed by atoms with E-state index in [0.29, 0.717) is 18.2 Å². The summed E-state index contributed by atoms with van der Waals surface area (Å²) < 4.78 is 25.9. The number of nitrogens with one attached hydrogen (secondary N) is 1. The number of methoxy groups -OCH3 is 1. The highest BCUT2D eigenvalue weighted by Crippen LogP contribution is 2.49. The van der Waals surface area contributed by atoms with Crippen LogP contribution in [0.3, 0.4) is 0 Å². The van der Waals surface area contributed by atoms with Gasteiger partial charge < -0.3 is 33.7 Å². The third-order valence-corrected chi connectivity index (χ3v) is 11.0. The van der Waals surface area contributed by atoms with Crippen molar-refractivity contribution in [1.29, 1.82) is 0 Å². The molecule has 0 radical (unpaired) electrons. The molecule has 1 amide bonds. The number of benzene rings is 4. The molecule has 1 aliphatic heterocycles. The first-order chi connectivity index (χ1) is 27.9. The van der Waals surface area contributed by atoms with Gasteiger partial charge in [0, 0.05) is 35.7 Å². The predicted molar refractivity (Wildman–Crippen MR) is 225 cm³/mol. The van der Waals surface area contributed by atoms with E-state index in [1.165, 1.54) is 18.2 Å². The number of aromatic nitrogens is 3. The number of amides is 1. The zero-order chi connectivity index (χ0) is 40.7. The minimum Gasteiger partial charge on any atom is -0.489 e. The molecule has 2 aromatic heterocycles. The van der Waals surface area contributed by atoms with Gasteiger partial charge in [-0.2, -0.15) is 0 Å². The molecule has 298 valence electrons. The first-order valence-corrected chi connectivity index (χ1v) is 19.7. The fourth-order valence-corrected chi connectivity index (χ4v) is 8.43.